The van der Waals surface area contributed by atoms with Crippen molar-refractivity contribution in [1.82, 2.24) is 0 Å². The van der Waals surface area contributed by atoms with Gasteiger partial charge in [0.05, 0.1) is 0 Å². The quantitative estimate of drug-likeness (QED) is 0.341. The molecule has 4 heteroatoms. The third-order valence-electron chi connectivity index (χ3n) is 0.999. The SMILES string of the molecule is C=CC(=O)OC(O)C(C)(C)O. The van der Waals surface area contributed by atoms with Gasteiger partial charge < -0.3 is 14.9 Å². The molecule has 0 amide bonds. The highest BCUT2D eigenvalue weighted by Crippen LogP contribution is 2.09. The van der Waals surface area contributed by atoms with Gasteiger partial charge in [0.1, 0.15) is 5.60 Å². The second kappa shape index (κ2) is 3.50. The molecule has 0 rings (SSSR count). The Morgan fingerprint density at radius 2 is 2.18 bits per heavy atom. The molecule has 0 fully saturated rings. The highest BCUT2D eigenvalue weighted by atomic mass is 16.6. The lowest BCUT2D eigenvalue weighted by Crippen LogP contribution is -2.39. The zero-order valence-corrected chi connectivity index (χ0v) is 6.57. The largest absolute Gasteiger partial charge is 0.430 e. The van der Waals surface area contributed by atoms with Crippen molar-refractivity contribution in [3.63, 3.8) is 0 Å². The van der Waals surface area contributed by atoms with E-state index in [4.69, 9.17) is 10.2 Å². The van der Waals surface area contributed by atoms with Gasteiger partial charge in [-0.3, -0.25) is 0 Å². The predicted molar refractivity (Wildman–Crippen MR) is 38.6 cm³/mol. The number of hydrogen-bond acceptors (Lipinski definition) is 4. The van der Waals surface area contributed by atoms with E-state index in [1.54, 1.807) is 0 Å². The molecular weight excluding hydrogens is 148 g/mol. The molecule has 2 N–H and O–H groups in total. The summed E-state index contributed by atoms with van der Waals surface area (Å²) >= 11 is 0. The van der Waals surface area contributed by atoms with Crippen LogP contribution in [-0.2, 0) is 9.53 Å². The van der Waals surface area contributed by atoms with Crippen LogP contribution >= 0.6 is 0 Å². The summed E-state index contributed by atoms with van der Waals surface area (Å²) in [6.07, 6.45) is -0.609. The minimum absolute atomic E-state index is 0.764. The number of carbonyl (C=O) groups is 1. The highest BCUT2D eigenvalue weighted by molar-refractivity contribution is 5.81. The van der Waals surface area contributed by atoms with Crippen LogP contribution in [0.3, 0.4) is 0 Å². The van der Waals surface area contributed by atoms with E-state index in [1.807, 2.05) is 0 Å². The molecule has 0 radical (unpaired) electrons. The summed E-state index contributed by atoms with van der Waals surface area (Å²) < 4.78 is 4.31. The molecule has 0 aliphatic rings. The summed E-state index contributed by atoms with van der Waals surface area (Å²) in [5, 5.41) is 18.0. The predicted octanol–water partition coefficient (Wildman–Crippen LogP) is -0.195. The molecule has 0 aromatic rings. The van der Waals surface area contributed by atoms with Gasteiger partial charge in [-0.25, -0.2) is 4.79 Å². The molecule has 1 unspecified atom stereocenters. The smallest absolute Gasteiger partial charge is 0.332 e. The second-order valence-electron chi connectivity index (χ2n) is 2.65. The van der Waals surface area contributed by atoms with Gasteiger partial charge >= 0.3 is 5.97 Å². The first-order valence-electron chi connectivity index (χ1n) is 3.11. The Balaban J connectivity index is 3.97. The van der Waals surface area contributed by atoms with E-state index in [-0.39, 0.29) is 0 Å². The molecule has 4 nitrogen and oxygen atoms in total. The summed E-state index contributed by atoms with van der Waals surface area (Å²) in [7, 11) is 0. The highest BCUT2D eigenvalue weighted by Gasteiger charge is 2.27. The molecule has 11 heavy (non-hydrogen) atoms. The lowest BCUT2D eigenvalue weighted by molar-refractivity contribution is -0.201. The van der Waals surface area contributed by atoms with Crippen molar-refractivity contribution >= 4 is 5.97 Å². The van der Waals surface area contributed by atoms with Crippen LogP contribution in [0.5, 0.6) is 0 Å². The second-order valence-corrected chi connectivity index (χ2v) is 2.65. The van der Waals surface area contributed by atoms with Gasteiger partial charge in [0.15, 0.2) is 0 Å². The molecule has 0 aliphatic heterocycles. The summed E-state index contributed by atoms with van der Waals surface area (Å²) in [5.74, 6) is -0.764. The summed E-state index contributed by atoms with van der Waals surface area (Å²) in [4.78, 5) is 10.5. The standard InChI is InChI=1S/C7H12O4/c1-4-5(8)11-6(9)7(2,3)10/h4,6,9-10H,1H2,2-3H3. The summed E-state index contributed by atoms with van der Waals surface area (Å²) in [6, 6.07) is 0. The molecular formula is C7H12O4. The number of esters is 1. The van der Waals surface area contributed by atoms with Crippen LogP contribution in [0.1, 0.15) is 13.8 Å². The summed E-state index contributed by atoms with van der Waals surface area (Å²) in [6.45, 7) is 5.78. The number of aliphatic hydroxyl groups excluding tert-OH is 1. The summed E-state index contributed by atoms with van der Waals surface area (Å²) in [5.41, 5.74) is -1.45. The van der Waals surface area contributed by atoms with Crippen molar-refractivity contribution < 1.29 is 19.7 Å². The molecule has 0 aliphatic carbocycles. The Labute approximate surface area is 65.1 Å². The van der Waals surface area contributed by atoms with Gasteiger partial charge in [0.25, 0.3) is 0 Å². The maximum Gasteiger partial charge on any atom is 0.332 e. The number of carbonyl (C=O) groups excluding carboxylic acids is 1. The van der Waals surface area contributed by atoms with E-state index < -0.39 is 17.9 Å². The van der Waals surface area contributed by atoms with Gasteiger partial charge in [-0.05, 0) is 13.8 Å². The van der Waals surface area contributed by atoms with Gasteiger partial charge in [-0.1, -0.05) is 6.58 Å². The van der Waals surface area contributed by atoms with Crippen LogP contribution in [0.15, 0.2) is 12.7 Å². The average Bonchev–Trinajstić information content (AvgIpc) is 1.85. The van der Waals surface area contributed by atoms with Crippen molar-refractivity contribution in [1.29, 1.82) is 0 Å². The molecule has 0 aromatic heterocycles. The van der Waals surface area contributed by atoms with Crippen molar-refractivity contribution in [3.8, 4) is 0 Å². The number of ether oxygens (including phenoxy) is 1. The monoisotopic (exact) mass is 160 g/mol. The number of aliphatic hydroxyl groups is 2. The van der Waals surface area contributed by atoms with Crippen LogP contribution in [0.25, 0.3) is 0 Å². The van der Waals surface area contributed by atoms with Crippen molar-refractivity contribution in [2.75, 3.05) is 0 Å². The van der Waals surface area contributed by atoms with Crippen LogP contribution in [0.2, 0.25) is 0 Å². The lowest BCUT2D eigenvalue weighted by atomic mass is 10.1. The molecule has 0 spiro atoms. The first kappa shape index (κ1) is 10.1. The maximum absolute atomic E-state index is 10.5. The minimum atomic E-state index is -1.52. The fourth-order valence-electron chi connectivity index (χ4n) is 0.302. The molecule has 0 heterocycles. The van der Waals surface area contributed by atoms with Gasteiger partial charge in [-0.2, -0.15) is 0 Å². The van der Waals surface area contributed by atoms with Crippen LogP contribution < -0.4 is 0 Å². The Bertz CT molecular complexity index is 156. The topological polar surface area (TPSA) is 66.8 Å². The molecule has 1 atom stereocenters. The average molecular weight is 160 g/mol. The van der Waals surface area contributed by atoms with Gasteiger partial charge in [0, 0.05) is 6.08 Å². The Hall–Kier alpha value is -0.870. The first-order valence-corrected chi connectivity index (χ1v) is 3.11. The lowest BCUT2D eigenvalue weighted by Gasteiger charge is -2.23. The van der Waals surface area contributed by atoms with Crippen LogP contribution in [0, 0.1) is 0 Å². The number of rotatable bonds is 3. The van der Waals surface area contributed by atoms with Gasteiger partial charge in [0.2, 0.25) is 6.29 Å². The van der Waals surface area contributed by atoms with Crippen molar-refractivity contribution in [2.45, 2.75) is 25.7 Å². The fourth-order valence-corrected chi connectivity index (χ4v) is 0.302. The van der Waals surface area contributed by atoms with E-state index in [2.05, 4.69) is 11.3 Å². The van der Waals surface area contributed by atoms with Crippen LogP contribution in [-0.4, -0.2) is 28.1 Å². The zero-order chi connectivity index (χ0) is 9.07. The van der Waals surface area contributed by atoms with E-state index in [1.165, 1.54) is 13.8 Å². The van der Waals surface area contributed by atoms with Gasteiger partial charge in [-0.15, -0.1) is 0 Å². The molecule has 0 saturated carbocycles. The van der Waals surface area contributed by atoms with Crippen LogP contribution in [0.4, 0.5) is 0 Å². The zero-order valence-electron chi connectivity index (χ0n) is 6.57. The normalized spacial score (nSPS) is 13.8. The van der Waals surface area contributed by atoms with E-state index in [9.17, 15) is 4.79 Å². The third-order valence-corrected chi connectivity index (χ3v) is 0.999. The maximum atomic E-state index is 10.5. The first-order chi connectivity index (χ1) is 4.88. The fraction of sp³-hybridized carbons (Fsp3) is 0.571. The molecule has 0 aromatic carbocycles. The third kappa shape index (κ3) is 3.75. The molecule has 0 saturated heterocycles. The Kier molecular flexibility index (Phi) is 3.22. The minimum Gasteiger partial charge on any atom is -0.430 e. The van der Waals surface area contributed by atoms with Crippen molar-refractivity contribution in [3.05, 3.63) is 12.7 Å². The molecule has 64 valence electrons. The molecule has 0 bridgehead atoms. The Morgan fingerprint density at radius 3 is 2.45 bits per heavy atom. The van der Waals surface area contributed by atoms with E-state index in [0.29, 0.717) is 0 Å². The van der Waals surface area contributed by atoms with Crippen molar-refractivity contribution in [2.24, 2.45) is 0 Å². The Morgan fingerprint density at radius 1 is 1.73 bits per heavy atom. The van der Waals surface area contributed by atoms with E-state index in [0.717, 1.165) is 6.08 Å². The number of hydrogen-bond donors (Lipinski definition) is 2. The van der Waals surface area contributed by atoms with E-state index >= 15 is 0 Å².